The van der Waals surface area contributed by atoms with Gasteiger partial charge >= 0.3 is 5.97 Å². The summed E-state index contributed by atoms with van der Waals surface area (Å²) in [7, 11) is 0. The molecule has 36 heavy (non-hydrogen) atoms. The SMILES string of the molecule is CC(C)(C)c1cc(CCC(=O)N/N=C\c2ccc(-c3ccc(C(=O)O)cc3)o2)cc(C(C)(C)C)c1O. The normalized spacial score (nSPS) is 12.2. The van der Waals surface area contributed by atoms with Gasteiger partial charge in [0.15, 0.2) is 0 Å². The first-order valence-corrected chi connectivity index (χ1v) is 11.9. The molecule has 3 N–H and O–H groups in total. The van der Waals surface area contributed by atoms with Gasteiger partial charge in [-0.3, -0.25) is 4.79 Å². The lowest BCUT2D eigenvalue weighted by molar-refractivity contribution is -0.121. The monoisotopic (exact) mass is 490 g/mol. The van der Waals surface area contributed by atoms with Gasteiger partial charge in [-0.15, -0.1) is 0 Å². The number of nitrogens with zero attached hydrogens (tertiary/aromatic N) is 1. The Hall–Kier alpha value is -3.87. The Morgan fingerprint density at radius 3 is 2.06 bits per heavy atom. The molecule has 3 rings (SSSR count). The third-order valence-electron chi connectivity index (χ3n) is 5.85. The molecular formula is C29H34N2O5. The van der Waals surface area contributed by atoms with Gasteiger partial charge in [-0.25, -0.2) is 10.2 Å². The maximum Gasteiger partial charge on any atom is 0.335 e. The number of rotatable bonds is 7. The molecule has 0 saturated carbocycles. The van der Waals surface area contributed by atoms with E-state index in [4.69, 9.17) is 9.52 Å². The van der Waals surface area contributed by atoms with E-state index in [1.54, 1.807) is 24.3 Å². The lowest BCUT2D eigenvalue weighted by Crippen LogP contribution is -2.20. The summed E-state index contributed by atoms with van der Waals surface area (Å²) in [5, 5.41) is 23.9. The van der Waals surface area contributed by atoms with Crippen LogP contribution in [0, 0.1) is 0 Å². The molecule has 2 aromatic carbocycles. The smallest absolute Gasteiger partial charge is 0.335 e. The number of aromatic hydroxyl groups is 1. The Morgan fingerprint density at radius 2 is 1.53 bits per heavy atom. The van der Waals surface area contributed by atoms with Crippen molar-refractivity contribution in [2.75, 3.05) is 0 Å². The number of aryl methyl sites for hydroxylation is 1. The first-order chi connectivity index (χ1) is 16.8. The van der Waals surface area contributed by atoms with Crippen LogP contribution in [0.3, 0.4) is 0 Å². The minimum Gasteiger partial charge on any atom is -0.507 e. The summed E-state index contributed by atoms with van der Waals surface area (Å²) in [5.41, 5.74) is 5.74. The van der Waals surface area contributed by atoms with Crippen LogP contribution in [0.5, 0.6) is 5.75 Å². The van der Waals surface area contributed by atoms with Crippen molar-refractivity contribution in [1.82, 2.24) is 5.43 Å². The molecule has 1 amide bonds. The average Bonchev–Trinajstić information content (AvgIpc) is 3.25. The van der Waals surface area contributed by atoms with Gasteiger partial charge in [0.2, 0.25) is 5.91 Å². The van der Waals surface area contributed by atoms with Gasteiger partial charge in [0.25, 0.3) is 0 Å². The van der Waals surface area contributed by atoms with Crippen LogP contribution in [-0.2, 0) is 22.0 Å². The van der Waals surface area contributed by atoms with Crippen molar-refractivity contribution in [2.24, 2.45) is 5.10 Å². The molecule has 3 aromatic rings. The molecule has 0 spiro atoms. The topological polar surface area (TPSA) is 112 Å². The number of hydrogen-bond donors (Lipinski definition) is 3. The van der Waals surface area contributed by atoms with E-state index in [1.807, 2.05) is 12.1 Å². The maximum atomic E-state index is 12.4. The number of furan rings is 1. The van der Waals surface area contributed by atoms with E-state index in [0.717, 1.165) is 22.3 Å². The average molecular weight is 491 g/mol. The molecule has 7 nitrogen and oxygen atoms in total. The van der Waals surface area contributed by atoms with Crippen LogP contribution in [0.1, 0.15) is 80.8 Å². The molecule has 190 valence electrons. The van der Waals surface area contributed by atoms with Crippen LogP contribution in [-0.4, -0.2) is 28.3 Å². The van der Waals surface area contributed by atoms with Gasteiger partial charge in [-0.2, -0.15) is 5.10 Å². The number of benzene rings is 2. The first kappa shape index (κ1) is 26.7. The van der Waals surface area contributed by atoms with Gasteiger partial charge < -0.3 is 14.6 Å². The molecule has 0 bridgehead atoms. The summed E-state index contributed by atoms with van der Waals surface area (Å²) in [6.07, 6.45) is 2.18. The van der Waals surface area contributed by atoms with Gasteiger partial charge in [-0.1, -0.05) is 65.8 Å². The highest BCUT2D eigenvalue weighted by molar-refractivity contribution is 5.88. The van der Waals surface area contributed by atoms with Crippen LogP contribution in [0.25, 0.3) is 11.3 Å². The van der Waals surface area contributed by atoms with Gasteiger partial charge in [0, 0.05) is 12.0 Å². The van der Waals surface area contributed by atoms with Crippen molar-refractivity contribution in [2.45, 2.75) is 65.2 Å². The number of amides is 1. The molecule has 0 fully saturated rings. The predicted octanol–water partition coefficient (Wildman–Crippen LogP) is 6.03. The second-order valence-electron chi connectivity index (χ2n) is 10.9. The van der Waals surface area contributed by atoms with Crippen molar-refractivity contribution in [3.05, 3.63) is 76.5 Å². The lowest BCUT2D eigenvalue weighted by Gasteiger charge is -2.28. The Kier molecular flexibility index (Phi) is 7.72. The summed E-state index contributed by atoms with van der Waals surface area (Å²) >= 11 is 0. The third-order valence-corrected chi connectivity index (χ3v) is 5.85. The Labute approximate surface area is 211 Å². The van der Waals surface area contributed by atoms with E-state index >= 15 is 0 Å². The van der Waals surface area contributed by atoms with E-state index in [-0.39, 0.29) is 28.7 Å². The zero-order chi connectivity index (χ0) is 26.7. The summed E-state index contributed by atoms with van der Waals surface area (Å²) in [5.74, 6) is 0.125. The van der Waals surface area contributed by atoms with Crippen molar-refractivity contribution in [3.63, 3.8) is 0 Å². The Bertz CT molecular complexity index is 1240. The molecule has 0 atom stereocenters. The van der Waals surface area contributed by atoms with Gasteiger partial charge in [0.1, 0.15) is 17.3 Å². The van der Waals surface area contributed by atoms with Crippen molar-refractivity contribution in [1.29, 1.82) is 0 Å². The second-order valence-corrected chi connectivity index (χ2v) is 10.9. The zero-order valence-electron chi connectivity index (χ0n) is 21.7. The van der Waals surface area contributed by atoms with Crippen molar-refractivity contribution >= 4 is 18.1 Å². The first-order valence-electron chi connectivity index (χ1n) is 11.9. The third kappa shape index (κ3) is 6.62. The number of hydrogen-bond acceptors (Lipinski definition) is 5. The molecule has 0 aliphatic carbocycles. The fourth-order valence-corrected chi connectivity index (χ4v) is 3.82. The number of carboxylic acid groups (broad SMARTS) is 1. The molecule has 0 aliphatic rings. The molecule has 1 aromatic heterocycles. The highest BCUT2D eigenvalue weighted by Gasteiger charge is 2.26. The van der Waals surface area contributed by atoms with Crippen LogP contribution >= 0.6 is 0 Å². The molecule has 0 radical (unpaired) electrons. The minimum atomic E-state index is -0.987. The quantitative estimate of drug-likeness (QED) is 0.277. The second kappa shape index (κ2) is 10.4. The highest BCUT2D eigenvalue weighted by atomic mass is 16.4. The predicted molar refractivity (Wildman–Crippen MR) is 141 cm³/mol. The summed E-state index contributed by atoms with van der Waals surface area (Å²) in [6.45, 7) is 12.4. The maximum absolute atomic E-state index is 12.4. The summed E-state index contributed by atoms with van der Waals surface area (Å²) in [4.78, 5) is 23.4. The van der Waals surface area contributed by atoms with Crippen LogP contribution in [0.2, 0.25) is 0 Å². The molecule has 0 unspecified atom stereocenters. The van der Waals surface area contributed by atoms with E-state index in [0.29, 0.717) is 23.7 Å². The molecule has 7 heteroatoms. The summed E-state index contributed by atoms with van der Waals surface area (Å²) < 4.78 is 5.71. The number of carbonyl (C=O) groups is 2. The van der Waals surface area contributed by atoms with E-state index in [9.17, 15) is 14.7 Å². The van der Waals surface area contributed by atoms with Crippen molar-refractivity contribution < 1.29 is 24.2 Å². The van der Waals surface area contributed by atoms with Gasteiger partial charge in [-0.05, 0) is 58.2 Å². The number of aromatic carboxylic acids is 1. The number of phenolic OH excluding ortho intramolecular Hbond substituents is 1. The van der Waals surface area contributed by atoms with E-state index in [2.05, 4.69) is 52.1 Å². The largest absolute Gasteiger partial charge is 0.507 e. The number of phenols is 1. The highest BCUT2D eigenvalue weighted by Crippen LogP contribution is 2.40. The molecular weight excluding hydrogens is 456 g/mol. The van der Waals surface area contributed by atoms with E-state index in [1.165, 1.54) is 18.3 Å². The number of hydrazone groups is 1. The number of carbonyl (C=O) groups excluding carboxylic acids is 1. The fourth-order valence-electron chi connectivity index (χ4n) is 3.82. The molecule has 0 aliphatic heterocycles. The molecule has 1 heterocycles. The standard InChI is InChI=1S/C29H34N2O5/c1-28(2,3)22-15-18(16-23(26(22)33)29(4,5)6)7-14-25(32)31-30-17-21-12-13-24(36-21)19-8-10-20(11-9-19)27(34)35/h8-13,15-17,33H,7,14H2,1-6H3,(H,31,32)(H,34,35)/b30-17-. The van der Waals surface area contributed by atoms with Crippen molar-refractivity contribution in [3.8, 4) is 17.1 Å². The fraction of sp³-hybridized carbons (Fsp3) is 0.345. The minimum absolute atomic E-state index is 0.200. The van der Waals surface area contributed by atoms with Gasteiger partial charge in [0.05, 0.1) is 11.8 Å². The lowest BCUT2D eigenvalue weighted by atomic mass is 9.78. The number of nitrogens with one attached hydrogen (secondary N) is 1. The zero-order valence-corrected chi connectivity index (χ0v) is 21.7. The Balaban J connectivity index is 1.62. The number of carboxylic acids is 1. The summed E-state index contributed by atoms with van der Waals surface area (Å²) in [6, 6.07) is 13.8. The van der Waals surface area contributed by atoms with Crippen LogP contribution in [0.4, 0.5) is 0 Å². The van der Waals surface area contributed by atoms with Crippen LogP contribution in [0.15, 0.2) is 58.0 Å². The van der Waals surface area contributed by atoms with E-state index < -0.39 is 5.97 Å². The Morgan fingerprint density at radius 1 is 0.944 bits per heavy atom. The van der Waals surface area contributed by atoms with Crippen LogP contribution < -0.4 is 5.43 Å². The molecule has 0 saturated heterocycles.